The number of benzene rings is 2. The molecule has 0 aliphatic heterocycles. The number of methoxy groups -OCH3 is 1. The van der Waals surface area contributed by atoms with Crippen LogP contribution in [0, 0.1) is 0 Å². The van der Waals surface area contributed by atoms with Gasteiger partial charge in [0.25, 0.3) is 5.56 Å². The van der Waals surface area contributed by atoms with E-state index in [1.165, 1.54) is 5.56 Å². The highest BCUT2D eigenvalue weighted by Gasteiger charge is 2.07. The highest BCUT2D eigenvalue weighted by molar-refractivity contribution is 5.79. The first-order valence-electron chi connectivity index (χ1n) is 10.9. The third-order valence-corrected chi connectivity index (χ3v) is 5.51. The third-order valence-electron chi connectivity index (χ3n) is 5.51. The van der Waals surface area contributed by atoms with E-state index < -0.39 is 0 Å². The maximum Gasteiger partial charge on any atom is 0.250 e. The number of pyridine rings is 1. The van der Waals surface area contributed by atoms with Crippen molar-refractivity contribution in [2.45, 2.75) is 32.4 Å². The number of aliphatic imine (C=N–C) groups is 1. The molecule has 0 fully saturated rings. The Morgan fingerprint density at radius 1 is 1.00 bits per heavy atom. The maximum absolute atomic E-state index is 11.9. The molecule has 0 aliphatic rings. The zero-order valence-electron chi connectivity index (χ0n) is 19.0. The van der Waals surface area contributed by atoms with E-state index >= 15 is 0 Å². The standard InChI is InChI=1S/C26H32N4O2/c1-20(23-11-13-24(32-3)14-12-23)15-16-28-26(27-2)29-18-21-7-9-22(10-8-21)19-30-17-5-4-6-25(30)31/h4-14,17,20H,15-16,18-19H2,1-3H3,(H2,27,28,29). The highest BCUT2D eigenvalue weighted by atomic mass is 16.5. The van der Waals surface area contributed by atoms with Gasteiger partial charge in [0.2, 0.25) is 0 Å². The van der Waals surface area contributed by atoms with Crippen LogP contribution < -0.4 is 20.9 Å². The Kier molecular flexibility index (Phi) is 8.49. The van der Waals surface area contributed by atoms with Crippen LogP contribution in [0.15, 0.2) is 82.7 Å². The first-order valence-corrected chi connectivity index (χ1v) is 10.9. The second kappa shape index (κ2) is 11.7. The molecule has 3 aromatic rings. The molecule has 0 radical (unpaired) electrons. The molecule has 0 amide bonds. The number of guanidine groups is 1. The van der Waals surface area contributed by atoms with Crippen LogP contribution in [-0.4, -0.2) is 31.2 Å². The SMILES string of the molecule is CN=C(NCCC(C)c1ccc(OC)cc1)NCc1ccc(Cn2ccccc2=O)cc1. The molecule has 1 heterocycles. The molecule has 6 nitrogen and oxygen atoms in total. The summed E-state index contributed by atoms with van der Waals surface area (Å²) in [7, 11) is 3.46. The monoisotopic (exact) mass is 432 g/mol. The van der Waals surface area contributed by atoms with Crippen molar-refractivity contribution in [3.8, 4) is 5.75 Å². The van der Waals surface area contributed by atoms with Crippen LogP contribution >= 0.6 is 0 Å². The lowest BCUT2D eigenvalue weighted by molar-refractivity contribution is 0.414. The fourth-order valence-corrected chi connectivity index (χ4v) is 3.46. The van der Waals surface area contributed by atoms with Gasteiger partial charge in [0.1, 0.15) is 5.75 Å². The zero-order chi connectivity index (χ0) is 22.8. The Morgan fingerprint density at radius 2 is 1.72 bits per heavy atom. The normalized spacial score (nSPS) is 12.3. The van der Waals surface area contributed by atoms with Crippen molar-refractivity contribution in [3.63, 3.8) is 0 Å². The van der Waals surface area contributed by atoms with Crippen molar-refractivity contribution in [2.24, 2.45) is 4.99 Å². The highest BCUT2D eigenvalue weighted by Crippen LogP contribution is 2.21. The summed E-state index contributed by atoms with van der Waals surface area (Å²) >= 11 is 0. The van der Waals surface area contributed by atoms with E-state index in [1.807, 2.05) is 24.4 Å². The Labute approximate surface area is 190 Å². The predicted octanol–water partition coefficient (Wildman–Crippen LogP) is 3.76. The molecule has 0 spiro atoms. The van der Waals surface area contributed by atoms with Crippen molar-refractivity contribution in [1.29, 1.82) is 0 Å². The molecule has 3 rings (SSSR count). The molecule has 0 aliphatic carbocycles. The minimum atomic E-state index is 0.00873. The molecule has 32 heavy (non-hydrogen) atoms. The molecule has 6 heteroatoms. The van der Waals surface area contributed by atoms with Gasteiger partial charge in [-0.1, -0.05) is 49.4 Å². The lowest BCUT2D eigenvalue weighted by Crippen LogP contribution is -2.37. The van der Waals surface area contributed by atoms with Gasteiger partial charge in [0.05, 0.1) is 13.7 Å². The Balaban J connectivity index is 1.43. The summed E-state index contributed by atoms with van der Waals surface area (Å²) in [6, 6.07) is 21.7. The predicted molar refractivity (Wildman–Crippen MR) is 130 cm³/mol. The van der Waals surface area contributed by atoms with Crippen LogP contribution in [0.2, 0.25) is 0 Å². The van der Waals surface area contributed by atoms with Gasteiger partial charge in [0, 0.05) is 32.4 Å². The van der Waals surface area contributed by atoms with Gasteiger partial charge in [-0.2, -0.15) is 0 Å². The Bertz CT molecular complexity index is 1060. The Hall–Kier alpha value is -3.54. The van der Waals surface area contributed by atoms with Crippen molar-refractivity contribution < 1.29 is 4.74 Å². The van der Waals surface area contributed by atoms with Crippen LogP contribution in [0.25, 0.3) is 0 Å². The minimum absolute atomic E-state index is 0.00873. The lowest BCUT2D eigenvalue weighted by atomic mass is 9.98. The van der Waals surface area contributed by atoms with Crippen LogP contribution in [0.5, 0.6) is 5.75 Å². The van der Waals surface area contributed by atoms with E-state index in [-0.39, 0.29) is 5.56 Å². The van der Waals surface area contributed by atoms with Crippen LogP contribution in [0.1, 0.15) is 36.0 Å². The van der Waals surface area contributed by atoms with Gasteiger partial charge < -0.3 is 19.9 Å². The van der Waals surface area contributed by atoms with Crippen molar-refractivity contribution in [3.05, 3.63) is 100.0 Å². The fraction of sp³-hybridized carbons (Fsp3) is 0.308. The second-order valence-corrected chi connectivity index (χ2v) is 7.80. The van der Waals surface area contributed by atoms with E-state index in [4.69, 9.17) is 4.74 Å². The summed E-state index contributed by atoms with van der Waals surface area (Å²) in [6.45, 7) is 4.31. The molecule has 0 saturated carbocycles. The molecule has 168 valence electrons. The second-order valence-electron chi connectivity index (χ2n) is 7.80. The lowest BCUT2D eigenvalue weighted by Gasteiger charge is -2.16. The topological polar surface area (TPSA) is 67.7 Å². The van der Waals surface area contributed by atoms with E-state index in [0.29, 0.717) is 19.0 Å². The average molecular weight is 433 g/mol. The van der Waals surface area contributed by atoms with Gasteiger partial charge in [0.15, 0.2) is 5.96 Å². The molecule has 0 bridgehead atoms. The van der Waals surface area contributed by atoms with Gasteiger partial charge in [-0.05, 0) is 47.2 Å². The number of aromatic nitrogens is 1. The molecule has 2 aromatic carbocycles. The summed E-state index contributed by atoms with van der Waals surface area (Å²) in [6.07, 6.45) is 2.81. The molecule has 1 atom stereocenters. The summed E-state index contributed by atoms with van der Waals surface area (Å²) in [5, 5.41) is 6.75. The molecular formula is C26H32N4O2. The number of nitrogens with zero attached hydrogens (tertiary/aromatic N) is 2. The fourth-order valence-electron chi connectivity index (χ4n) is 3.46. The molecule has 0 saturated heterocycles. The first kappa shape index (κ1) is 23.1. The molecule has 2 N–H and O–H groups in total. The first-order chi connectivity index (χ1) is 15.6. The van der Waals surface area contributed by atoms with Gasteiger partial charge in [-0.25, -0.2) is 0 Å². The zero-order valence-corrected chi connectivity index (χ0v) is 19.0. The van der Waals surface area contributed by atoms with Crippen LogP contribution in [0.4, 0.5) is 0 Å². The third kappa shape index (κ3) is 6.74. The van der Waals surface area contributed by atoms with E-state index in [1.54, 1.807) is 30.9 Å². The molecule has 1 aromatic heterocycles. The van der Waals surface area contributed by atoms with Crippen LogP contribution in [0.3, 0.4) is 0 Å². The number of hydrogen-bond donors (Lipinski definition) is 2. The van der Waals surface area contributed by atoms with E-state index in [2.05, 4.69) is 58.9 Å². The summed E-state index contributed by atoms with van der Waals surface area (Å²) < 4.78 is 6.93. The number of ether oxygens (including phenoxy) is 1. The van der Waals surface area contributed by atoms with Gasteiger partial charge in [-0.15, -0.1) is 0 Å². The van der Waals surface area contributed by atoms with Crippen molar-refractivity contribution in [2.75, 3.05) is 20.7 Å². The van der Waals surface area contributed by atoms with Crippen LogP contribution in [-0.2, 0) is 13.1 Å². The number of hydrogen-bond acceptors (Lipinski definition) is 3. The smallest absolute Gasteiger partial charge is 0.250 e. The molecule has 1 unspecified atom stereocenters. The average Bonchev–Trinajstić information content (AvgIpc) is 2.83. The van der Waals surface area contributed by atoms with Gasteiger partial charge >= 0.3 is 0 Å². The number of nitrogens with one attached hydrogen (secondary N) is 2. The minimum Gasteiger partial charge on any atom is -0.497 e. The van der Waals surface area contributed by atoms with Crippen molar-refractivity contribution in [1.82, 2.24) is 15.2 Å². The summed E-state index contributed by atoms with van der Waals surface area (Å²) in [5.41, 5.74) is 3.56. The van der Waals surface area contributed by atoms with Crippen molar-refractivity contribution >= 4 is 5.96 Å². The van der Waals surface area contributed by atoms with Gasteiger partial charge in [-0.3, -0.25) is 9.79 Å². The van der Waals surface area contributed by atoms with E-state index in [9.17, 15) is 4.79 Å². The maximum atomic E-state index is 11.9. The molecular weight excluding hydrogens is 400 g/mol. The largest absolute Gasteiger partial charge is 0.497 e. The summed E-state index contributed by atoms with van der Waals surface area (Å²) in [4.78, 5) is 16.2. The Morgan fingerprint density at radius 3 is 2.38 bits per heavy atom. The van der Waals surface area contributed by atoms with E-state index in [0.717, 1.165) is 35.8 Å². The quantitative estimate of drug-likeness (QED) is 0.399. The summed E-state index contributed by atoms with van der Waals surface area (Å²) in [5.74, 6) is 2.11. The number of rotatable bonds is 9.